The minimum atomic E-state index is -4.62. The maximum atomic E-state index is 12.9. The second kappa shape index (κ2) is 3.29. The van der Waals surface area contributed by atoms with Crippen LogP contribution in [0.15, 0.2) is 12.1 Å². The Bertz CT molecular complexity index is 400. The Hall–Kier alpha value is -1.57. The second-order valence-corrected chi connectivity index (χ2v) is 2.74. The molecule has 0 saturated heterocycles. The normalized spacial score (nSPS) is 11.1. The summed E-state index contributed by atoms with van der Waals surface area (Å²) in [7, 11) is 0. The Labute approximate surface area is 77.6 Å². The quantitative estimate of drug-likeness (QED) is 0.594. The highest BCUT2D eigenvalue weighted by Gasteiger charge is 2.31. The Morgan fingerprint density at radius 3 is 2.29 bits per heavy atom. The molecule has 0 saturated carbocycles. The van der Waals surface area contributed by atoms with Gasteiger partial charge in [0.2, 0.25) is 0 Å². The molecule has 0 unspecified atom stereocenters. The molecule has 14 heavy (non-hydrogen) atoms. The van der Waals surface area contributed by atoms with Crippen molar-refractivity contribution >= 4 is 0 Å². The highest BCUT2D eigenvalue weighted by atomic mass is 19.4. The van der Waals surface area contributed by atoms with Crippen molar-refractivity contribution in [2.75, 3.05) is 0 Å². The average Bonchev–Trinajstić information content (AvgIpc) is 2.07. The van der Waals surface area contributed by atoms with Gasteiger partial charge in [0, 0.05) is 5.56 Å². The van der Waals surface area contributed by atoms with Crippen LogP contribution in [0.4, 0.5) is 17.6 Å². The van der Waals surface area contributed by atoms with Crippen LogP contribution in [0.2, 0.25) is 0 Å². The Morgan fingerprint density at radius 2 is 1.86 bits per heavy atom. The van der Waals surface area contributed by atoms with Crippen molar-refractivity contribution in [1.82, 2.24) is 0 Å². The minimum Gasteiger partial charge on any atom is -0.207 e. The molecule has 0 spiro atoms. The summed E-state index contributed by atoms with van der Waals surface area (Å²) in [6.07, 6.45) is -4.62. The largest absolute Gasteiger partial charge is 0.416 e. The number of rotatable bonds is 0. The monoisotopic (exact) mass is 203 g/mol. The van der Waals surface area contributed by atoms with E-state index in [-0.39, 0.29) is 11.1 Å². The lowest BCUT2D eigenvalue weighted by Crippen LogP contribution is -2.07. The van der Waals surface area contributed by atoms with Gasteiger partial charge in [0.05, 0.1) is 17.2 Å². The van der Waals surface area contributed by atoms with Crippen molar-refractivity contribution in [2.45, 2.75) is 13.1 Å². The number of nitriles is 1. The van der Waals surface area contributed by atoms with E-state index < -0.39 is 17.6 Å². The molecule has 0 amide bonds. The molecule has 0 aliphatic heterocycles. The number of benzene rings is 1. The molecule has 1 rings (SSSR count). The van der Waals surface area contributed by atoms with E-state index in [0.29, 0.717) is 12.1 Å². The molecule has 0 aliphatic rings. The topological polar surface area (TPSA) is 23.8 Å². The van der Waals surface area contributed by atoms with Crippen molar-refractivity contribution < 1.29 is 17.6 Å². The zero-order chi connectivity index (χ0) is 10.9. The van der Waals surface area contributed by atoms with E-state index in [9.17, 15) is 17.6 Å². The van der Waals surface area contributed by atoms with Crippen LogP contribution in [0.1, 0.15) is 16.7 Å². The first-order valence-electron chi connectivity index (χ1n) is 3.63. The molecule has 1 aromatic rings. The lowest BCUT2D eigenvalue weighted by atomic mass is 10.1. The lowest BCUT2D eigenvalue weighted by Gasteiger charge is -2.08. The first-order chi connectivity index (χ1) is 6.36. The Morgan fingerprint density at radius 1 is 1.29 bits per heavy atom. The molecular weight excluding hydrogens is 198 g/mol. The van der Waals surface area contributed by atoms with Crippen LogP contribution in [0, 0.1) is 24.1 Å². The maximum absolute atomic E-state index is 12.9. The highest BCUT2D eigenvalue weighted by Crippen LogP contribution is 2.31. The van der Waals surface area contributed by atoms with Crippen LogP contribution >= 0.6 is 0 Å². The third-order valence-electron chi connectivity index (χ3n) is 1.79. The van der Waals surface area contributed by atoms with Crippen LogP contribution in [-0.2, 0) is 6.18 Å². The number of hydrogen-bond acceptors (Lipinski definition) is 1. The molecule has 74 valence electrons. The third-order valence-corrected chi connectivity index (χ3v) is 1.79. The summed E-state index contributed by atoms with van der Waals surface area (Å²) >= 11 is 0. The van der Waals surface area contributed by atoms with Crippen molar-refractivity contribution in [3.8, 4) is 6.07 Å². The van der Waals surface area contributed by atoms with Crippen molar-refractivity contribution in [1.29, 1.82) is 5.26 Å². The van der Waals surface area contributed by atoms with E-state index in [1.54, 1.807) is 0 Å². The van der Waals surface area contributed by atoms with Crippen LogP contribution < -0.4 is 0 Å². The first-order valence-corrected chi connectivity index (χ1v) is 3.63. The fraction of sp³-hybridized carbons (Fsp3) is 0.222. The van der Waals surface area contributed by atoms with Crippen molar-refractivity contribution in [2.24, 2.45) is 0 Å². The zero-order valence-corrected chi connectivity index (χ0v) is 7.11. The van der Waals surface area contributed by atoms with E-state index in [1.165, 1.54) is 13.0 Å². The van der Waals surface area contributed by atoms with Gasteiger partial charge in [-0.15, -0.1) is 0 Å². The molecule has 0 atom stereocenters. The Balaban J connectivity index is 3.40. The SMILES string of the molecule is Cc1c(F)cc(C(F)(F)F)cc1C#N. The summed E-state index contributed by atoms with van der Waals surface area (Å²) in [5.74, 6) is -1.02. The molecule has 1 aromatic carbocycles. The number of alkyl halides is 3. The van der Waals surface area contributed by atoms with Crippen LogP contribution in [0.3, 0.4) is 0 Å². The van der Waals surface area contributed by atoms with Gasteiger partial charge in [-0.3, -0.25) is 0 Å². The third kappa shape index (κ3) is 1.84. The molecule has 0 aliphatic carbocycles. The Kier molecular flexibility index (Phi) is 2.47. The first kappa shape index (κ1) is 10.5. The molecule has 0 bridgehead atoms. The molecule has 0 N–H and O–H groups in total. The molecule has 5 heteroatoms. The summed E-state index contributed by atoms with van der Waals surface area (Å²) in [6, 6.07) is 2.53. The van der Waals surface area contributed by atoms with Gasteiger partial charge in [-0.25, -0.2) is 4.39 Å². The zero-order valence-electron chi connectivity index (χ0n) is 7.11. The maximum Gasteiger partial charge on any atom is 0.416 e. The van der Waals surface area contributed by atoms with Crippen molar-refractivity contribution in [3.63, 3.8) is 0 Å². The summed E-state index contributed by atoms with van der Waals surface area (Å²) < 4.78 is 49.3. The summed E-state index contributed by atoms with van der Waals surface area (Å²) in [4.78, 5) is 0. The van der Waals surface area contributed by atoms with Gasteiger partial charge in [0.25, 0.3) is 0 Å². The predicted molar refractivity (Wildman–Crippen MR) is 40.9 cm³/mol. The van der Waals surface area contributed by atoms with Gasteiger partial charge in [-0.1, -0.05) is 0 Å². The van der Waals surface area contributed by atoms with E-state index in [4.69, 9.17) is 5.26 Å². The van der Waals surface area contributed by atoms with Crippen LogP contribution in [0.25, 0.3) is 0 Å². The molecule has 0 aromatic heterocycles. The van der Waals surface area contributed by atoms with Gasteiger partial charge in [0.15, 0.2) is 0 Å². The highest BCUT2D eigenvalue weighted by molar-refractivity contribution is 5.41. The van der Waals surface area contributed by atoms with Crippen molar-refractivity contribution in [3.05, 3.63) is 34.6 Å². The van der Waals surface area contributed by atoms with Gasteiger partial charge >= 0.3 is 6.18 Å². The minimum absolute atomic E-state index is 0.0690. The fourth-order valence-electron chi connectivity index (χ4n) is 0.959. The van der Waals surface area contributed by atoms with Gasteiger partial charge in [-0.2, -0.15) is 18.4 Å². The molecule has 0 fully saturated rings. The van der Waals surface area contributed by atoms with E-state index in [2.05, 4.69) is 0 Å². The fourth-order valence-corrected chi connectivity index (χ4v) is 0.959. The summed E-state index contributed by atoms with van der Waals surface area (Å²) in [5.41, 5.74) is -1.50. The molecule has 0 heterocycles. The number of halogens is 4. The number of nitrogens with zero attached hydrogens (tertiary/aromatic N) is 1. The standard InChI is InChI=1S/C9H5F4N/c1-5-6(4-14)2-7(3-8(5)10)9(11,12)13/h2-3H,1H3. The smallest absolute Gasteiger partial charge is 0.207 e. The summed E-state index contributed by atoms with van der Waals surface area (Å²) in [5, 5.41) is 8.45. The molecular formula is C9H5F4N. The van der Waals surface area contributed by atoms with Gasteiger partial charge < -0.3 is 0 Å². The average molecular weight is 203 g/mol. The lowest BCUT2D eigenvalue weighted by molar-refractivity contribution is -0.137. The van der Waals surface area contributed by atoms with E-state index in [1.807, 2.05) is 0 Å². The van der Waals surface area contributed by atoms with Crippen LogP contribution in [0.5, 0.6) is 0 Å². The van der Waals surface area contributed by atoms with E-state index >= 15 is 0 Å². The summed E-state index contributed by atoms with van der Waals surface area (Å²) in [6.45, 7) is 1.26. The van der Waals surface area contributed by atoms with Crippen LogP contribution in [-0.4, -0.2) is 0 Å². The van der Waals surface area contributed by atoms with Gasteiger partial charge in [-0.05, 0) is 19.1 Å². The van der Waals surface area contributed by atoms with E-state index in [0.717, 1.165) is 0 Å². The predicted octanol–water partition coefficient (Wildman–Crippen LogP) is 3.02. The molecule has 1 nitrogen and oxygen atoms in total. The second-order valence-electron chi connectivity index (χ2n) is 2.74. The molecule has 0 radical (unpaired) electrons. The number of hydrogen-bond donors (Lipinski definition) is 0. The van der Waals surface area contributed by atoms with Gasteiger partial charge in [0.1, 0.15) is 5.82 Å².